The maximum absolute atomic E-state index is 6.64. The van der Waals surface area contributed by atoms with Gasteiger partial charge in [0.25, 0.3) is 6.01 Å². The zero-order valence-corrected chi connectivity index (χ0v) is 26.4. The lowest BCUT2D eigenvalue weighted by Crippen LogP contribution is -2.39. The van der Waals surface area contributed by atoms with E-state index in [4.69, 9.17) is 40.2 Å². The van der Waals surface area contributed by atoms with E-state index in [1.165, 1.54) is 0 Å². The first-order valence-electron chi connectivity index (χ1n) is 14.3. The van der Waals surface area contributed by atoms with Crippen LogP contribution in [0.2, 0.25) is 5.02 Å². The summed E-state index contributed by atoms with van der Waals surface area (Å²) < 4.78 is 23.3. The summed E-state index contributed by atoms with van der Waals surface area (Å²) >= 11 is 8.52. The standard InChI is InChI=1S/C31H37ClN6O4S/c1-5-33-31-37-28(20-16-23(39-2)19-24(17-20)40-3)29(42-31)26-8-11-34-30(36-26)35-21-6-7-27(25(32)18-21)41-22-9-12-38(13-10-22)14-15-43-4/h6-8,11,16-19,22H,5,9-10,12-15H2,1-4H3,(H,33,37)(H,34,35,36). The Hall–Kier alpha value is -3.67. The smallest absolute Gasteiger partial charge is 0.295 e. The van der Waals surface area contributed by atoms with E-state index < -0.39 is 0 Å². The highest BCUT2D eigenvalue weighted by molar-refractivity contribution is 7.98. The number of thioether (sulfide) groups is 1. The predicted molar refractivity (Wildman–Crippen MR) is 173 cm³/mol. The molecule has 0 spiro atoms. The highest BCUT2D eigenvalue weighted by Crippen LogP contribution is 2.37. The molecule has 5 rings (SSSR count). The van der Waals surface area contributed by atoms with Gasteiger partial charge in [0.2, 0.25) is 5.95 Å². The summed E-state index contributed by atoms with van der Waals surface area (Å²) in [6, 6.07) is 13.3. The highest BCUT2D eigenvalue weighted by Gasteiger charge is 2.22. The maximum Gasteiger partial charge on any atom is 0.295 e. The van der Waals surface area contributed by atoms with Crippen LogP contribution in [0.3, 0.4) is 0 Å². The van der Waals surface area contributed by atoms with E-state index in [1.54, 1.807) is 32.5 Å². The number of oxazole rings is 1. The van der Waals surface area contributed by atoms with Crippen molar-refractivity contribution in [3.05, 3.63) is 53.7 Å². The quantitative estimate of drug-likeness (QED) is 0.163. The topological polar surface area (TPSA) is 107 Å². The second-order valence-electron chi connectivity index (χ2n) is 10.0. The third-order valence-electron chi connectivity index (χ3n) is 7.10. The minimum Gasteiger partial charge on any atom is -0.497 e. The molecule has 12 heteroatoms. The van der Waals surface area contributed by atoms with Gasteiger partial charge in [-0.1, -0.05) is 11.6 Å². The molecule has 1 aliphatic heterocycles. The third kappa shape index (κ3) is 7.84. The molecule has 2 aromatic carbocycles. The zero-order valence-electron chi connectivity index (χ0n) is 24.9. The van der Waals surface area contributed by atoms with Crippen LogP contribution in [0, 0.1) is 0 Å². The number of ether oxygens (including phenoxy) is 3. The number of rotatable bonds is 13. The van der Waals surface area contributed by atoms with E-state index in [9.17, 15) is 0 Å². The zero-order chi connectivity index (χ0) is 30.2. The number of halogens is 1. The number of likely N-dealkylation sites (tertiary alicyclic amines) is 1. The van der Waals surface area contributed by atoms with Gasteiger partial charge in [0.15, 0.2) is 5.76 Å². The first-order chi connectivity index (χ1) is 21.0. The van der Waals surface area contributed by atoms with Gasteiger partial charge in [0, 0.05) is 55.4 Å². The van der Waals surface area contributed by atoms with Gasteiger partial charge in [-0.25, -0.2) is 9.97 Å². The number of hydrogen-bond donors (Lipinski definition) is 2. The van der Waals surface area contributed by atoms with Gasteiger partial charge in [-0.15, -0.1) is 0 Å². The highest BCUT2D eigenvalue weighted by atomic mass is 35.5. The number of aromatic nitrogens is 3. The molecule has 4 aromatic rings. The molecular weight excluding hydrogens is 588 g/mol. The Morgan fingerprint density at radius 3 is 2.49 bits per heavy atom. The van der Waals surface area contributed by atoms with Gasteiger partial charge >= 0.3 is 0 Å². The fourth-order valence-corrected chi connectivity index (χ4v) is 5.53. The molecule has 0 saturated carbocycles. The van der Waals surface area contributed by atoms with E-state index in [-0.39, 0.29) is 6.10 Å². The van der Waals surface area contributed by atoms with Crippen LogP contribution in [0.1, 0.15) is 19.8 Å². The van der Waals surface area contributed by atoms with Gasteiger partial charge in [-0.3, -0.25) is 0 Å². The largest absolute Gasteiger partial charge is 0.497 e. The van der Waals surface area contributed by atoms with Crippen molar-refractivity contribution in [2.24, 2.45) is 0 Å². The Morgan fingerprint density at radius 1 is 1.05 bits per heavy atom. The predicted octanol–water partition coefficient (Wildman–Crippen LogP) is 6.85. The molecule has 1 saturated heterocycles. The first-order valence-corrected chi connectivity index (χ1v) is 16.0. The summed E-state index contributed by atoms with van der Waals surface area (Å²) in [5.74, 6) is 3.99. The fraction of sp³-hybridized carbons (Fsp3) is 0.387. The van der Waals surface area contributed by atoms with Crippen LogP contribution in [0.15, 0.2) is 53.1 Å². The molecule has 0 amide bonds. The Bertz CT molecular complexity index is 1490. The van der Waals surface area contributed by atoms with E-state index in [0.29, 0.717) is 57.9 Å². The van der Waals surface area contributed by atoms with Crippen molar-refractivity contribution < 1.29 is 18.6 Å². The maximum atomic E-state index is 6.64. The van der Waals surface area contributed by atoms with Crippen molar-refractivity contribution in [2.75, 3.05) is 63.0 Å². The van der Waals surface area contributed by atoms with Crippen LogP contribution in [0.25, 0.3) is 22.7 Å². The van der Waals surface area contributed by atoms with Crippen LogP contribution in [0.4, 0.5) is 17.7 Å². The fourth-order valence-electron chi connectivity index (χ4n) is 4.86. The lowest BCUT2D eigenvalue weighted by atomic mass is 10.1. The average molecular weight is 625 g/mol. The van der Waals surface area contributed by atoms with Crippen molar-refractivity contribution in [3.8, 4) is 40.0 Å². The van der Waals surface area contributed by atoms with Gasteiger partial charge in [-0.2, -0.15) is 16.7 Å². The lowest BCUT2D eigenvalue weighted by molar-refractivity contribution is 0.104. The molecule has 228 valence electrons. The molecular formula is C31H37ClN6O4S. The van der Waals surface area contributed by atoms with Crippen LogP contribution in [-0.2, 0) is 0 Å². The van der Waals surface area contributed by atoms with Crippen molar-refractivity contribution >= 4 is 41.0 Å². The van der Waals surface area contributed by atoms with Gasteiger partial charge in [-0.05, 0) is 62.4 Å². The minimum absolute atomic E-state index is 0.162. The Balaban J connectivity index is 1.33. The molecule has 0 atom stereocenters. The lowest BCUT2D eigenvalue weighted by Gasteiger charge is -2.32. The summed E-state index contributed by atoms with van der Waals surface area (Å²) in [4.78, 5) is 16.3. The number of nitrogens with zero attached hydrogens (tertiary/aromatic N) is 4. The second kappa shape index (κ2) is 14.7. The summed E-state index contributed by atoms with van der Waals surface area (Å²) in [7, 11) is 3.22. The Labute approximate surface area is 261 Å². The molecule has 0 aliphatic carbocycles. The Morgan fingerprint density at radius 2 is 1.81 bits per heavy atom. The van der Waals surface area contributed by atoms with Crippen molar-refractivity contribution in [1.29, 1.82) is 0 Å². The number of nitrogens with one attached hydrogen (secondary N) is 2. The SMILES string of the molecule is CCNc1nc(-c2cc(OC)cc(OC)c2)c(-c2ccnc(Nc3ccc(OC4CCN(CCSC)CC4)c(Cl)c3)n2)o1. The normalized spacial score (nSPS) is 14.0. The van der Waals surface area contributed by atoms with E-state index in [0.717, 1.165) is 49.5 Å². The Kier molecular flexibility index (Phi) is 10.5. The van der Waals surface area contributed by atoms with Crippen LogP contribution in [-0.4, -0.2) is 78.4 Å². The van der Waals surface area contributed by atoms with E-state index >= 15 is 0 Å². The van der Waals surface area contributed by atoms with Crippen LogP contribution in [0.5, 0.6) is 17.2 Å². The monoisotopic (exact) mass is 624 g/mol. The minimum atomic E-state index is 0.162. The summed E-state index contributed by atoms with van der Waals surface area (Å²) in [6.45, 7) is 5.84. The van der Waals surface area contributed by atoms with Crippen molar-refractivity contribution in [1.82, 2.24) is 19.9 Å². The van der Waals surface area contributed by atoms with Gasteiger partial charge in [0.1, 0.15) is 34.7 Å². The molecule has 0 radical (unpaired) electrons. The van der Waals surface area contributed by atoms with Crippen LogP contribution >= 0.6 is 23.4 Å². The molecule has 3 heterocycles. The summed E-state index contributed by atoms with van der Waals surface area (Å²) in [5, 5.41) is 6.92. The second-order valence-corrected chi connectivity index (χ2v) is 11.4. The number of piperidine rings is 1. The first kappa shape index (κ1) is 30.8. The van der Waals surface area contributed by atoms with Gasteiger partial charge < -0.3 is 34.2 Å². The molecule has 0 unspecified atom stereocenters. The number of methoxy groups -OCH3 is 2. The molecule has 2 N–H and O–H groups in total. The van der Waals surface area contributed by atoms with Crippen molar-refractivity contribution in [2.45, 2.75) is 25.9 Å². The number of anilines is 3. The average Bonchev–Trinajstić information content (AvgIpc) is 3.46. The van der Waals surface area contributed by atoms with E-state index in [2.05, 4.69) is 26.8 Å². The van der Waals surface area contributed by atoms with Gasteiger partial charge in [0.05, 0.1) is 19.2 Å². The third-order valence-corrected chi connectivity index (χ3v) is 7.98. The molecule has 2 aromatic heterocycles. The molecule has 1 aliphatic rings. The van der Waals surface area contributed by atoms with E-state index in [1.807, 2.05) is 49.0 Å². The molecule has 43 heavy (non-hydrogen) atoms. The molecule has 1 fully saturated rings. The van der Waals surface area contributed by atoms with Crippen LogP contribution < -0.4 is 24.8 Å². The van der Waals surface area contributed by atoms with Crippen molar-refractivity contribution in [3.63, 3.8) is 0 Å². The summed E-state index contributed by atoms with van der Waals surface area (Å²) in [6.07, 6.45) is 5.96. The summed E-state index contributed by atoms with van der Waals surface area (Å²) in [5.41, 5.74) is 2.66. The molecule has 10 nitrogen and oxygen atoms in total. The number of hydrogen-bond acceptors (Lipinski definition) is 11. The molecule has 0 bridgehead atoms. The number of benzene rings is 2.